The van der Waals surface area contributed by atoms with E-state index in [2.05, 4.69) is 4.98 Å². The number of rotatable bonds is 6. The number of carbonyl (C=O) groups is 1. The van der Waals surface area contributed by atoms with E-state index in [0.717, 1.165) is 10.7 Å². The van der Waals surface area contributed by atoms with Crippen molar-refractivity contribution in [3.8, 4) is 0 Å². The summed E-state index contributed by atoms with van der Waals surface area (Å²) < 4.78 is 4.77. The molecule has 0 radical (unpaired) electrons. The van der Waals surface area contributed by atoms with Gasteiger partial charge in [0.2, 0.25) is 0 Å². The number of hydrogen-bond donors (Lipinski definition) is 0. The van der Waals surface area contributed by atoms with Crippen molar-refractivity contribution in [2.75, 3.05) is 27.3 Å². The number of ketones is 1. The Morgan fingerprint density at radius 2 is 2.40 bits per heavy atom. The van der Waals surface area contributed by atoms with Gasteiger partial charge in [0.15, 0.2) is 5.78 Å². The maximum Gasteiger partial charge on any atom is 0.172 e. The van der Waals surface area contributed by atoms with Crippen LogP contribution in [0, 0.1) is 6.92 Å². The van der Waals surface area contributed by atoms with Crippen molar-refractivity contribution >= 4 is 17.1 Å². The molecule has 1 aromatic heterocycles. The summed E-state index contributed by atoms with van der Waals surface area (Å²) in [5, 5.41) is 3.08. The number of thiazole rings is 1. The van der Waals surface area contributed by atoms with Crippen LogP contribution in [0.4, 0.5) is 0 Å². The lowest BCUT2D eigenvalue weighted by Crippen LogP contribution is -2.27. The summed E-state index contributed by atoms with van der Waals surface area (Å²) in [6.45, 7) is 3.27. The number of nitrogens with zero attached hydrogens (tertiary/aromatic N) is 2. The Morgan fingerprint density at radius 3 is 2.93 bits per heavy atom. The fourth-order valence-corrected chi connectivity index (χ4v) is 1.92. The topological polar surface area (TPSA) is 42.4 Å². The Bertz CT molecular complexity index is 325. The number of likely N-dealkylation sites (N-methyl/N-ethyl adjacent to an activating group) is 1. The number of methoxy groups -OCH3 is 1. The van der Waals surface area contributed by atoms with Crippen molar-refractivity contribution < 1.29 is 9.53 Å². The van der Waals surface area contributed by atoms with Crippen molar-refractivity contribution in [1.82, 2.24) is 9.88 Å². The predicted octanol–water partition coefficient (Wildman–Crippen LogP) is 1.10. The quantitative estimate of drug-likeness (QED) is 0.731. The molecule has 1 aromatic rings. The molecule has 0 fully saturated rings. The van der Waals surface area contributed by atoms with Crippen molar-refractivity contribution in [3.05, 3.63) is 16.1 Å². The van der Waals surface area contributed by atoms with Crippen LogP contribution in [-0.4, -0.2) is 43.0 Å². The smallest absolute Gasteiger partial charge is 0.172 e. The zero-order valence-corrected chi connectivity index (χ0v) is 10.1. The van der Waals surface area contributed by atoms with Gasteiger partial charge in [-0.25, -0.2) is 4.98 Å². The molecule has 0 aliphatic heterocycles. The van der Waals surface area contributed by atoms with Crippen LogP contribution >= 0.6 is 11.3 Å². The molecule has 15 heavy (non-hydrogen) atoms. The van der Waals surface area contributed by atoms with Gasteiger partial charge in [-0.1, -0.05) is 0 Å². The lowest BCUT2D eigenvalue weighted by Gasteiger charge is -2.13. The van der Waals surface area contributed by atoms with Gasteiger partial charge in [0.1, 0.15) is 6.61 Å². The molecule has 5 heteroatoms. The summed E-state index contributed by atoms with van der Waals surface area (Å²) in [7, 11) is 3.43. The van der Waals surface area contributed by atoms with Gasteiger partial charge in [-0.15, -0.1) is 11.3 Å². The van der Waals surface area contributed by atoms with E-state index in [4.69, 9.17) is 4.74 Å². The fraction of sp³-hybridized carbons (Fsp3) is 0.600. The third kappa shape index (κ3) is 4.51. The SMILES string of the molecule is COCC(=O)CN(C)Cc1csc(C)n1. The molecule has 4 nitrogen and oxygen atoms in total. The summed E-state index contributed by atoms with van der Waals surface area (Å²) in [6.07, 6.45) is 0. The highest BCUT2D eigenvalue weighted by atomic mass is 32.1. The number of aromatic nitrogens is 1. The van der Waals surface area contributed by atoms with E-state index in [1.54, 1.807) is 11.3 Å². The molecule has 0 amide bonds. The van der Waals surface area contributed by atoms with Crippen LogP contribution in [0.15, 0.2) is 5.38 Å². The molecule has 0 unspecified atom stereocenters. The standard InChI is InChI=1S/C10H16N2O2S/c1-8-11-9(7-15-8)4-12(2)5-10(13)6-14-3/h7H,4-6H2,1-3H3. The third-order valence-corrected chi connectivity index (χ3v) is 2.67. The average Bonchev–Trinajstić information content (AvgIpc) is 2.51. The zero-order valence-electron chi connectivity index (χ0n) is 9.32. The molecule has 0 aliphatic carbocycles. The van der Waals surface area contributed by atoms with Crippen LogP contribution < -0.4 is 0 Å². The molecule has 0 atom stereocenters. The second-order valence-electron chi connectivity index (χ2n) is 3.50. The van der Waals surface area contributed by atoms with E-state index >= 15 is 0 Å². The largest absolute Gasteiger partial charge is 0.377 e. The molecule has 0 saturated carbocycles. The predicted molar refractivity (Wildman–Crippen MR) is 60.1 cm³/mol. The van der Waals surface area contributed by atoms with E-state index in [-0.39, 0.29) is 12.4 Å². The van der Waals surface area contributed by atoms with E-state index in [9.17, 15) is 4.79 Å². The Labute approximate surface area is 93.9 Å². The van der Waals surface area contributed by atoms with Gasteiger partial charge in [-0.2, -0.15) is 0 Å². The highest BCUT2D eigenvalue weighted by molar-refractivity contribution is 7.09. The van der Waals surface area contributed by atoms with E-state index < -0.39 is 0 Å². The Kier molecular flexibility index (Phi) is 4.87. The van der Waals surface area contributed by atoms with Crippen molar-refractivity contribution in [1.29, 1.82) is 0 Å². The molecule has 0 N–H and O–H groups in total. The highest BCUT2D eigenvalue weighted by Crippen LogP contribution is 2.09. The van der Waals surface area contributed by atoms with Crippen LogP contribution in [0.1, 0.15) is 10.7 Å². The molecule has 1 heterocycles. The van der Waals surface area contributed by atoms with E-state index in [1.807, 2.05) is 24.3 Å². The molecule has 0 bridgehead atoms. The van der Waals surface area contributed by atoms with Gasteiger partial charge in [0.05, 0.1) is 17.2 Å². The molecule has 84 valence electrons. The zero-order chi connectivity index (χ0) is 11.3. The normalized spacial score (nSPS) is 10.9. The van der Waals surface area contributed by atoms with Crippen LogP contribution in [0.3, 0.4) is 0 Å². The Balaban J connectivity index is 2.35. The third-order valence-electron chi connectivity index (χ3n) is 1.85. The minimum absolute atomic E-state index is 0.0898. The van der Waals surface area contributed by atoms with E-state index in [1.165, 1.54) is 7.11 Å². The van der Waals surface area contributed by atoms with E-state index in [0.29, 0.717) is 13.1 Å². The number of carbonyl (C=O) groups excluding carboxylic acids is 1. The monoisotopic (exact) mass is 228 g/mol. The molecule has 1 rings (SSSR count). The number of Topliss-reactive ketones (excluding diaryl/α,β-unsaturated/α-hetero) is 1. The Hall–Kier alpha value is -0.780. The van der Waals surface area contributed by atoms with Crippen LogP contribution in [0.2, 0.25) is 0 Å². The summed E-state index contributed by atoms with van der Waals surface area (Å²) in [4.78, 5) is 17.5. The van der Waals surface area contributed by atoms with Crippen LogP contribution in [-0.2, 0) is 16.1 Å². The second-order valence-corrected chi connectivity index (χ2v) is 4.56. The summed E-state index contributed by atoms with van der Waals surface area (Å²) in [5.74, 6) is 0.0898. The van der Waals surface area contributed by atoms with Gasteiger partial charge < -0.3 is 4.74 Å². The van der Waals surface area contributed by atoms with Crippen molar-refractivity contribution in [2.45, 2.75) is 13.5 Å². The maximum absolute atomic E-state index is 11.3. The number of ether oxygens (including phenoxy) is 1. The first kappa shape index (κ1) is 12.3. The second kappa shape index (κ2) is 5.95. The van der Waals surface area contributed by atoms with Crippen LogP contribution in [0.5, 0.6) is 0 Å². The first-order valence-electron chi connectivity index (χ1n) is 4.72. The van der Waals surface area contributed by atoms with Gasteiger partial charge in [-0.05, 0) is 14.0 Å². The molecular formula is C10H16N2O2S. The lowest BCUT2D eigenvalue weighted by molar-refractivity contribution is -0.123. The van der Waals surface area contributed by atoms with Crippen LogP contribution in [0.25, 0.3) is 0 Å². The number of aryl methyl sites for hydroxylation is 1. The van der Waals surface area contributed by atoms with Gasteiger partial charge in [-0.3, -0.25) is 9.69 Å². The molecule has 0 aliphatic rings. The van der Waals surface area contributed by atoms with Gasteiger partial charge in [0, 0.05) is 19.0 Å². The molecule has 0 saturated heterocycles. The summed E-state index contributed by atoms with van der Waals surface area (Å²) in [6, 6.07) is 0. The highest BCUT2D eigenvalue weighted by Gasteiger charge is 2.08. The van der Waals surface area contributed by atoms with Gasteiger partial charge in [0.25, 0.3) is 0 Å². The first-order valence-corrected chi connectivity index (χ1v) is 5.60. The molecular weight excluding hydrogens is 212 g/mol. The summed E-state index contributed by atoms with van der Waals surface area (Å²) in [5.41, 5.74) is 1.02. The molecule has 0 spiro atoms. The fourth-order valence-electron chi connectivity index (χ4n) is 1.32. The minimum Gasteiger partial charge on any atom is -0.377 e. The van der Waals surface area contributed by atoms with Crippen molar-refractivity contribution in [3.63, 3.8) is 0 Å². The minimum atomic E-state index is 0.0898. The average molecular weight is 228 g/mol. The van der Waals surface area contributed by atoms with Crippen molar-refractivity contribution in [2.24, 2.45) is 0 Å². The lowest BCUT2D eigenvalue weighted by atomic mass is 10.3. The Morgan fingerprint density at radius 1 is 1.67 bits per heavy atom. The summed E-state index contributed by atoms with van der Waals surface area (Å²) >= 11 is 1.63. The number of hydrogen-bond acceptors (Lipinski definition) is 5. The first-order chi connectivity index (χ1) is 7.11. The van der Waals surface area contributed by atoms with Gasteiger partial charge >= 0.3 is 0 Å². The molecule has 0 aromatic carbocycles. The maximum atomic E-state index is 11.3.